The summed E-state index contributed by atoms with van der Waals surface area (Å²) in [6.07, 6.45) is 1.33. The van der Waals surface area contributed by atoms with Crippen LogP contribution in [0.5, 0.6) is 0 Å². The number of carbonyl (C=O) groups is 1. The number of hydrogen-bond donors (Lipinski definition) is 1. The molecule has 0 fully saturated rings. The van der Waals surface area contributed by atoms with Crippen molar-refractivity contribution < 1.29 is 4.79 Å². The summed E-state index contributed by atoms with van der Waals surface area (Å²) in [5, 5.41) is 2.75. The first-order chi connectivity index (χ1) is 5.20. The molecule has 0 saturated heterocycles. The van der Waals surface area contributed by atoms with Crippen LogP contribution in [-0.2, 0) is 4.79 Å². The lowest BCUT2D eigenvalue weighted by atomic mass is 10.7. The predicted octanol–water partition coefficient (Wildman–Crippen LogP) is 1.28. The molecule has 0 spiro atoms. The Morgan fingerprint density at radius 2 is 2.45 bits per heavy atom. The van der Waals surface area contributed by atoms with Crippen LogP contribution in [0, 0.1) is 0 Å². The van der Waals surface area contributed by atoms with Gasteiger partial charge in [0.1, 0.15) is 6.33 Å². The summed E-state index contributed by atoms with van der Waals surface area (Å²) in [7, 11) is 0. The zero-order chi connectivity index (χ0) is 8.27. The van der Waals surface area contributed by atoms with Gasteiger partial charge in [0.25, 0.3) is 5.91 Å². The van der Waals surface area contributed by atoms with Crippen molar-refractivity contribution in [1.82, 2.24) is 9.36 Å². The number of nitrogens with zero attached hydrogens (tertiary/aromatic N) is 2. The van der Waals surface area contributed by atoms with Crippen LogP contribution >= 0.6 is 34.7 Å². The highest BCUT2D eigenvalue weighted by molar-refractivity contribution is 7.09. The molecule has 0 aromatic carbocycles. The smallest absolute Gasteiger partial charge is 0.259 e. The maximum atomic E-state index is 10.8. The van der Waals surface area contributed by atoms with Crippen molar-refractivity contribution in [3.63, 3.8) is 0 Å². The number of amides is 1. The summed E-state index contributed by atoms with van der Waals surface area (Å²) in [6.45, 7) is 0. The fraction of sp³-hybridized carbons (Fsp3) is 0.250. The van der Waals surface area contributed by atoms with Gasteiger partial charge in [0.15, 0.2) is 4.84 Å². The fourth-order valence-electron chi connectivity index (χ4n) is 0.388. The molecule has 1 N–H and O–H groups in total. The quantitative estimate of drug-likeness (QED) is 0.751. The highest BCUT2D eigenvalue weighted by Gasteiger charge is 2.12. The van der Waals surface area contributed by atoms with Gasteiger partial charge >= 0.3 is 0 Å². The minimum absolute atomic E-state index is 0.390. The van der Waals surface area contributed by atoms with E-state index in [-0.39, 0.29) is 0 Å². The molecule has 1 rings (SSSR count). The second kappa shape index (κ2) is 3.85. The number of alkyl halides is 2. The zero-order valence-corrected chi connectivity index (χ0v) is 7.45. The first-order valence-electron chi connectivity index (χ1n) is 2.56. The van der Waals surface area contributed by atoms with Gasteiger partial charge in [0.2, 0.25) is 5.13 Å². The van der Waals surface area contributed by atoms with Crippen LogP contribution in [0.2, 0.25) is 0 Å². The summed E-state index contributed by atoms with van der Waals surface area (Å²) in [6, 6.07) is 0. The van der Waals surface area contributed by atoms with E-state index in [0.29, 0.717) is 5.13 Å². The van der Waals surface area contributed by atoms with Crippen LogP contribution in [0.25, 0.3) is 0 Å². The van der Waals surface area contributed by atoms with E-state index in [0.717, 1.165) is 11.5 Å². The molecule has 0 unspecified atom stereocenters. The average molecular weight is 212 g/mol. The number of hydrogen-bond acceptors (Lipinski definition) is 4. The highest BCUT2D eigenvalue weighted by Crippen LogP contribution is 2.10. The number of carbonyl (C=O) groups excluding carboxylic acids is 1. The third-order valence-corrected chi connectivity index (χ3v) is 1.77. The first-order valence-corrected chi connectivity index (χ1v) is 4.20. The van der Waals surface area contributed by atoms with E-state index < -0.39 is 10.7 Å². The van der Waals surface area contributed by atoms with Crippen molar-refractivity contribution >= 4 is 45.8 Å². The second-order valence-corrected chi connectivity index (χ2v) is 3.41. The normalized spacial score (nSPS) is 10.1. The number of aromatic nitrogens is 2. The lowest BCUT2D eigenvalue weighted by Gasteiger charge is -1.98. The number of nitrogens with one attached hydrogen (secondary N) is 1. The summed E-state index contributed by atoms with van der Waals surface area (Å²) in [4.78, 5) is 13.4. The van der Waals surface area contributed by atoms with E-state index in [1.165, 1.54) is 6.33 Å². The lowest BCUT2D eigenvalue weighted by molar-refractivity contribution is -0.114. The summed E-state index contributed by atoms with van der Waals surface area (Å²) in [5.41, 5.74) is 0. The third-order valence-electron chi connectivity index (χ3n) is 0.790. The summed E-state index contributed by atoms with van der Waals surface area (Å²) >= 11 is 11.6. The first kappa shape index (κ1) is 8.70. The molecule has 0 radical (unpaired) electrons. The van der Waals surface area contributed by atoms with Crippen molar-refractivity contribution in [1.29, 1.82) is 0 Å². The van der Waals surface area contributed by atoms with Gasteiger partial charge in [-0.1, -0.05) is 23.2 Å². The van der Waals surface area contributed by atoms with Gasteiger partial charge in [0.05, 0.1) is 0 Å². The number of anilines is 1. The van der Waals surface area contributed by atoms with E-state index in [4.69, 9.17) is 23.2 Å². The maximum absolute atomic E-state index is 10.8. The molecule has 0 aliphatic heterocycles. The van der Waals surface area contributed by atoms with Gasteiger partial charge in [-0.3, -0.25) is 10.1 Å². The molecular weight excluding hydrogens is 209 g/mol. The molecule has 0 saturated carbocycles. The van der Waals surface area contributed by atoms with E-state index in [2.05, 4.69) is 14.7 Å². The molecule has 1 heterocycles. The van der Waals surface area contributed by atoms with Gasteiger partial charge in [-0.25, -0.2) is 4.98 Å². The Kier molecular flexibility index (Phi) is 3.04. The molecule has 0 aliphatic carbocycles. The average Bonchev–Trinajstić information content (AvgIpc) is 2.39. The SMILES string of the molecule is O=C(Nc1ncns1)C(Cl)Cl. The monoisotopic (exact) mass is 211 g/mol. The molecule has 1 amide bonds. The molecular formula is C4H3Cl2N3OS. The van der Waals surface area contributed by atoms with Crippen LogP contribution in [-0.4, -0.2) is 20.1 Å². The highest BCUT2D eigenvalue weighted by atomic mass is 35.5. The van der Waals surface area contributed by atoms with E-state index >= 15 is 0 Å². The number of rotatable bonds is 2. The second-order valence-electron chi connectivity index (χ2n) is 1.54. The van der Waals surface area contributed by atoms with Crippen molar-refractivity contribution in [3.8, 4) is 0 Å². The maximum Gasteiger partial charge on any atom is 0.259 e. The fourth-order valence-corrected chi connectivity index (χ4v) is 0.932. The van der Waals surface area contributed by atoms with Gasteiger partial charge in [-0.2, -0.15) is 4.37 Å². The van der Waals surface area contributed by atoms with Gasteiger partial charge in [-0.05, 0) is 0 Å². The zero-order valence-electron chi connectivity index (χ0n) is 5.12. The minimum atomic E-state index is -1.07. The van der Waals surface area contributed by atoms with Crippen LogP contribution in [0.3, 0.4) is 0 Å². The molecule has 4 nitrogen and oxygen atoms in total. The molecule has 7 heteroatoms. The third kappa shape index (κ3) is 2.61. The van der Waals surface area contributed by atoms with Crippen LogP contribution in [0.4, 0.5) is 5.13 Å². The van der Waals surface area contributed by atoms with Crippen molar-refractivity contribution in [2.75, 3.05) is 5.32 Å². The Hall–Kier alpha value is -0.390. The van der Waals surface area contributed by atoms with Crippen LogP contribution in [0.1, 0.15) is 0 Å². The van der Waals surface area contributed by atoms with E-state index in [1.807, 2.05) is 0 Å². The molecule has 0 aliphatic rings. The van der Waals surface area contributed by atoms with Crippen molar-refractivity contribution in [3.05, 3.63) is 6.33 Å². The molecule has 1 aromatic heterocycles. The van der Waals surface area contributed by atoms with Gasteiger partial charge < -0.3 is 0 Å². The number of halogens is 2. The van der Waals surface area contributed by atoms with E-state index in [9.17, 15) is 4.79 Å². The summed E-state index contributed by atoms with van der Waals surface area (Å²) in [5.74, 6) is -0.495. The van der Waals surface area contributed by atoms with Gasteiger partial charge in [0, 0.05) is 11.5 Å². The summed E-state index contributed by atoms with van der Waals surface area (Å²) < 4.78 is 3.66. The Labute approximate surface area is 76.7 Å². The Morgan fingerprint density at radius 3 is 2.91 bits per heavy atom. The largest absolute Gasteiger partial charge is 0.298 e. The predicted molar refractivity (Wildman–Crippen MR) is 44.0 cm³/mol. The topological polar surface area (TPSA) is 54.9 Å². The molecule has 1 aromatic rings. The van der Waals surface area contributed by atoms with E-state index in [1.54, 1.807) is 0 Å². The Bertz CT molecular complexity index is 237. The standard InChI is InChI=1S/C4H3Cl2N3OS/c5-2(6)3(10)9-4-7-1-8-11-4/h1-2H,(H,7,8,9,10). The molecule has 0 atom stereocenters. The molecule has 60 valence electrons. The van der Waals surface area contributed by atoms with Gasteiger partial charge in [-0.15, -0.1) is 0 Å². The Morgan fingerprint density at radius 1 is 1.73 bits per heavy atom. The lowest BCUT2D eigenvalue weighted by Crippen LogP contribution is -2.18. The molecule has 11 heavy (non-hydrogen) atoms. The minimum Gasteiger partial charge on any atom is -0.298 e. The molecule has 0 bridgehead atoms. The van der Waals surface area contributed by atoms with Crippen LogP contribution < -0.4 is 5.32 Å². The Balaban J connectivity index is 2.50. The van der Waals surface area contributed by atoms with Crippen molar-refractivity contribution in [2.24, 2.45) is 0 Å². The van der Waals surface area contributed by atoms with Crippen molar-refractivity contribution in [2.45, 2.75) is 4.84 Å². The van der Waals surface area contributed by atoms with Crippen LogP contribution in [0.15, 0.2) is 6.33 Å².